The van der Waals surface area contributed by atoms with Crippen LogP contribution in [0.3, 0.4) is 0 Å². The zero-order valence-corrected chi connectivity index (χ0v) is 16.6. The highest BCUT2D eigenvalue weighted by Gasteiger charge is 2.68. The average molecular weight is 374 g/mol. The molecular formula is C22H30O5. The van der Waals surface area contributed by atoms with E-state index in [4.69, 9.17) is 9.47 Å². The molecular weight excluding hydrogens is 344 g/mol. The van der Waals surface area contributed by atoms with Gasteiger partial charge in [0.25, 0.3) is 0 Å². The zero-order chi connectivity index (χ0) is 19.6. The molecule has 5 heteroatoms. The van der Waals surface area contributed by atoms with E-state index in [0.29, 0.717) is 12.0 Å². The molecule has 0 unspecified atom stereocenters. The minimum absolute atomic E-state index is 0.0855. The van der Waals surface area contributed by atoms with Crippen molar-refractivity contribution in [2.75, 3.05) is 0 Å². The summed E-state index contributed by atoms with van der Waals surface area (Å²) < 4.78 is 12.0. The fourth-order valence-electron chi connectivity index (χ4n) is 5.63. The molecule has 2 N–H and O–H groups in total. The molecule has 0 aromatic heterocycles. The van der Waals surface area contributed by atoms with Crippen LogP contribution < -0.4 is 0 Å². The summed E-state index contributed by atoms with van der Waals surface area (Å²) in [7, 11) is 0. The Hall–Kier alpha value is -1.59. The Labute approximate surface area is 160 Å². The molecule has 4 rings (SSSR count). The molecule has 2 aliphatic carbocycles. The van der Waals surface area contributed by atoms with Crippen LogP contribution in [0.15, 0.2) is 24.3 Å². The van der Waals surface area contributed by atoms with E-state index in [9.17, 15) is 15.0 Å². The molecule has 1 aliphatic heterocycles. The van der Waals surface area contributed by atoms with Gasteiger partial charge in [-0.05, 0) is 61.8 Å². The highest BCUT2D eigenvalue weighted by atomic mass is 16.6. The third-order valence-electron chi connectivity index (χ3n) is 7.41. The summed E-state index contributed by atoms with van der Waals surface area (Å²) in [5.74, 6) is -0.329. The summed E-state index contributed by atoms with van der Waals surface area (Å²) in [6, 6.07) is 6.09. The van der Waals surface area contributed by atoms with Crippen molar-refractivity contribution >= 4 is 5.97 Å². The molecule has 6 atom stereocenters. The predicted molar refractivity (Wildman–Crippen MR) is 100 cm³/mol. The van der Waals surface area contributed by atoms with Crippen LogP contribution in [0.25, 0.3) is 0 Å². The minimum atomic E-state index is -0.845. The highest BCUT2D eigenvalue weighted by Crippen LogP contribution is 2.63. The molecule has 27 heavy (non-hydrogen) atoms. The monoisotopic (exact) mass is 374 g/mol. The number of hydrogen-bond acceptors (Lipinski definition) is 5. The SMILES string of the molecule is CC(C)[C@]1(O)CC[C@]2(C)C[C@H]3O[C@]3(C)C[C@@H](OC(=O)c3ccc(O)cc3)[C@@H]21. The lowest BCUT2D eigenvalue weighted by Crippen LogP contribution is -2.50. The number of ether oxygens (including phenoxy) is 2. The fraction of sp³-hybridized carbons (Fsp3) is 0.682. The number of phenols is 1. The molecule has 1 aromatic rings. The standard InChI is InChI=1S/C22H30O5/c1-13(2)22(25)10-9-20(3)12-17-21(4,27-17)11-16(18(20)22)26-19(24)14-5-7-15(23)8-6-14/h5-8,13,16-18,23,25H,9-12H2,1-4H3/t16-,17-,18+,20-,21-,22-/m1/s1. The number of aliphatic hydroxyl groups is 1. The second kappa shape index (κ2) is 5.95. The largest absolute Gasteiger partial charge is 0.508 e. The number of aromatic hydroxyl groups is 1. The van der Waals surface area contributed by atoms with E-state index >= 15 is 0 Å². The van der Waals surface area contributed by atoms with Gasteiger partial charge in [-0.1, -0.05) is 20.8 Å². The molecule has 5 nitrogen and oxygen atoms in total. The number of phenolic OH excluding ortho intramolecular Hbond substituents is 1. The van der Waals surface area contributed by atoms with Crippen LogP contribution in [0.4, 0.5) is 0 Å². The van der Waals surface area contributed by atoms with E-state index in [0.717, 1.165) is 19.3 Å². The van der Waals surface area contributed by atoms with Crippen LogP contribution in [0.5, 0.6) is 5.75 Å². The normalized spacial score (nSPS) is 43.0. The second-order valence-corrected chi connectivity index (χ2v) is 9.60. The minimum Gasteiger partial charge on any atom is -0.508 e. The maximum atomic E-state index is 12.8. The number of epoxide rings is 1. The van der Waals surface area contributed by atoms with Crippen molar-refractivity contribution in [3.63, 3.8) is 0 Å². The Balaban J connectivity index is 1.67. The Morgan fingerprint density at radius 3 is 2.48 bits per heavy atom. The molecule has 0 amide bonds. The van der Waals surface area contributed by atoms with Gasteiger partial charge < -0.3 is 19.7 Å². The molecule has 0 spiro atoms. The number of hydrogen-bond donors (Lipinski definition) is 2. The van der Waals surface area contributed by atoms with Gasteiger partial charge in [-0.25, -0.2) is 4.79 Å². The van der Waals surface area contributed by atoms with Gasteiger partial charge in [-0.3, -0.25) is 0 Å². The molecule has 1 aromatic carbocycles. The number of carbonyl (C=O) groups is 1. The lowest BCUT2D eigenvalue weighted by Gasteiger charge is -2.44. The van der Waals surface area contributed by atoms with E-state index in [1.165, 1.54) is 12.1 Å². The Morgan fingerprint density at radius 1 is 1.19 bits per heavy atom. The van der Waals surface area contributed by atoms with Crippen LogP contribution in [-0.2, 0) is 9.47 Å². The topological polar surface area (TPSA) is 79.3 Å². The third kappa shape index (κ3) is 2.95. The third-order valence-corrected chi connectivity index (χ3v) is 7.41. The predicted octanol–water partition coefficient (Wildman–Crippen LogP) is 3.67. The summed E-state index contributed by atoms with van der Waals surface area (Å²) in [6.45, 7) is 8.40. The summed E-state index contributed by atoms with van der Waals surface area (Å²) >= 11 is 0. The van der Waals surface area contributed by atoms with E-state index in [1.807, 2.05) is 0 Å². The summed E-state index contributed by atoms with van der Waals surface area (Å²) in [4.78, 5) is 12.8. The first-order valence-electron chi connectivity index (χ1n) is 9.98. The van der Waals surface area contributed by atoms with Crippen molar-refractivity contribution < 1.29 is 24.5 Å². The molecule has 0 radical (unpaired) electrons. The summed E-state index contributed by atoms with van der Waals surface area (Å²) in [5, 5.41) is 21.0. The highest BCUT2D eigenvalue weighted by molar-refractivity contribution is 5.89. The molecule has 1 heterocycles. The van der Waals surface area contributed by atoms with Gasteiger partial charge >= 0.3 is 5.97 Å². The second-order valence-electron chi connectivity index (χ2n) is 9.60. The van der Waals surface area contributed by atoms with Crippen LogP contribution >= 0.6 is 0 Å². The average Bonchev–Trinajstić information content (AvgIpc) is 3.12. The van der Waals surface area contributed by atoms with Crippen molar-refractivity contribution in [2.24, 2.45) is 17.3 Å². The maximum Gasteiger partial charge on any atom is 0.338 e. The van der Waals surface area contributed by atoms with Gasteiger partial charge in [0.1, 0.15) is 11.9 Å². The number of rotatable bonds is 3. The molecule has 148 valence electrons. The van der Waals surface area contributed by atoms with Crippen LogP contribution in [0.2, 0.25) is 0 Å². The van der Waals surface area contributed by atoms with Gasteiger partial charge in [-0.15, -0.1) is 0 Å². The van der Waals surface area contributed by atoms with Crippen LogP contribution in [-0.4, -0.2) is 39.6 Å². The molecule has 1 saturated heterocycles. The van der Waals surface area contributed by atoms with E-state index in [2.05, 4.69) is 27.7 Å². The van der Waals surface area contributed by atoms with Gasteiger partial charge in [-0.2, -0.15) is 0 Å². The van der Waals surface area contributed by atoms with Gasteiger partial charge in [0.05, 0.1) is 22.9 Å². The summed E-state index contributed by atoms with van der Waals surface area (Å²) in [6.07, 6.45) is 2.92. The van der Waals surface area contributed by atoms with Crippen molar-refractivity contribution in [3.05, 3.63) is 29.8 Å². The molecule has 2 saturated carbocycles. The maximum absolute atomic E-state index is 12.8. The molecule has 3 aliphatic rings. The lowest BCUT2D eigenvalue weighted by atomic mass is 9.67. The van der Waals surface area contributed by atoms with Crippen LogP contribution in [0, 0.1) is 17.3 Å². The Bertz CT molecular complexity index is 744. The first-order chi connectivity index (χ1) is 12.6. The van der Waals surface area contributed by atoms with Gasteiger partial charge in [0, 0.05) is 12.3 Å². The van der Waals surface area contributed by atoms with Gasteiger partial charge in [0.2, 0.25) is 0 Å². The Kier molecular flexibility index (Phi) is 4.13. The number of carbonyl (C=O) groups excluding carboxylic acids is 1. The van der Waals surface area contributed by atoms with Crippen molar-refractivity contribution in [2.45, 2.75) is 76.8 Å². The van der Waals surface area contributed by atoms with Gasteiger partial charge in [0.15, 0.2) is 0 Å². The van der Waals surface area contributed by atoms with Crippen molar-refractivity contribution in [1.82, 2.24) is 0 Å². The lowest BCUT2D eigenvalue weighted by molar-refractivity contribution is -0.120. The van der Waals surface area contributed by atoms with Crippen molar-refractivity contribution in [1.29, 1.82) is 0 Å². The molecule has 3 fully saturated rings. The first kappa shape index (κ1) is 18.8. The van der Waals surface area contributed by atoms with E-state index in [-0.39, 0.29) is 34.7 Å². The number of esters is 1. The first-order valence-corrected chi connectivity index (χ1v) is 9.98. The molecule has 0 bridgehead atoms. The number of benzene rings is 1. The van der Waals surface area contributed by atoms with E-state index in [1.54, 1.807) is 12.1 Å². The summed E-state index contributed by atoms with van der Waals surface area (Å²) in [5.41, 5.74) is -0.826. The fourth-order valence-corrected chi connectivity index (χ4v) is 5.63. The van der Waals surface area contributed by atoms with Crippen LogP contribution in [0.1, 0.15) is 63.7 Å². The smallest absolute Gasteiger partial charge is 0.338 e. The van der Waals surface area contributed by atoms with E-state index < -0.39 is 17.7 Å². The number of fused-ring (bicyclic) bond motifs is 2. The zero-order valence-electron chi connectivity index (χ0n) is 16.6. The quantitative estimate of drug-likeness (QED) is 0.623. The van der Waals surface area contributed by atoms with Crippen molar-refractivity contribution in [3.8, 4) is 5.75 Å². The Morgan fingerprint density at radius 2 is 1.85 bits per heavy atom.